The van der Waals surface area contributed by atoms with Crippen molar-refractivity contribution in [2.24, 2.45) is 0 Å². The summed E-state index contributed by atoms with van der Waals surface area (Å²) in [5, 5.41) is 13.3. The zero-order valence-electron chi connectivity index (χ0n) is 30.3. The van der Waals surface area contributed by atoms with Crippen molar-refractivity contribution >= 4 is 46.4 Å². The third-order valence-corrected chi connectivity index (χ3v) is 10.8. The Bertz CT molecular complexity index is 1740. The molecule has 2 heterocycles. The fourth-order valence-electron chi connectivity index (χ4n) is 8.31. The number of fused-ring (bicyclic) bond motifs is 2. The maximum absolute atomic E-state index is 13.9. The van der Waals surface area contributed by atoms with Crippen LogP contribution in [0.3, 0.4) is 0 Å². The van der Waals surface area contributed by atoms with Gasteiger partial charge < -0.3 is 25.8 Å². The number of hydrogen-bond donors (Lipinski definition) is 4. The molecule has 0 bridgehead atoms. The summed E-state index contributed by atoms with van der Waals surface area (Å²) in [4.78, 5) is 56.4. The van der Waals surface area contributed by atoms with Gasteiger partial charge >= 0.3 is 0 Å². The first-order valence-corrected chi connectivity index (χ1v) is 18.7. The minimum atomic E-state index is -0.795. The van der Waals surface area contributed by atoms with Gasteiger partial charge in [0.15, 0.2) is 0 Å². The Morgan fingerprint density at radius 3 is 1.76 bits per heavy atom. The lowest BCUT2D eigenvalue weighted by atomic mass is 9.78. The molecule has 0 radical (unpaired) electrons. The average molecular weight is 693 g/mol. The lowest BCUT2D eigenvalue weighted by molar-refractivity contribution is -0.131. The van der Waals surface area contributed by atoms with Crippen molar-refractivity contribution in [2.45, 2.75) is 115 Å². The van der Waals surface area contributed by atoms with Crippen molar-refractivity contribution in [1.29, 1.82) is 0 Å². The van der Waals surface area contributed by atoms with E-state index in [0.29, 0.717) is 37.8 Å². The van der Waals surface area contributed by atoms with E-state index in [1.54, 1.807) is 0 Å². The predicted molar refractivity (Wildman–Crippen MR) is 203 cm³/mol. The fraction of sp³-hybridized carbons (Fsp3) is 0.463. The minimum absolute atomic E-state index is 0.00946. The first-order valence-electron chi connectivity index (χ1n) is 18.7. The Morgan fingerprint density at radius 1 is 0.686 bits per heavy atom. The van der Waals surface area contributed by atoms with Crippen LogP contribution in [-0.4, -0.2) is 47.8 Å². The number of hydrogen-bond acceptors (Lipinski definition) is 6. The lowest BCUT2D eigenvalue weighted by Crippen LogP contribution is -2.60. The molecule has 3 aliphatic rings. The highest BCUT2D eigenvalue weighted by atomic mass is 16.2. The molecular formula is C41H52N6O4. The van der Waals surface area contributed by atoms with Crippen molar-refractivity contribution in [3.8, 4) is 0 Å². The lowest BCUT2D eigenvalue weighted by Gasteiger charge is -2.45. The van der Waals surface area contributed by atoms with E-state index in [1.807, 2.05) is 84.3 Å². The van der Waals surface area contributed by atoms with Crippen LogP contribution in [0.5, 0.6) is 0 Å². The molecule has 6 rings (SSSR count). The van der Waals surface area contributed by atoms with E-state index in [1.165, 1.54) is 0 Å². The molecule has 270 valence electrons. The Kier molecular flexibility index (Phi) is 11.1. The first-order chi connectivity index (χ1) is 24.6. The number of nitrogens with zero attached hydrogens (tertiary/aromatic N) is 2. The summed E-state index contributed by atoms with van der Waals surface area (Å²) in [7, 11) is 0. The van der Waals surface area contributed by atoms with E-state index in [4.69, 9.17) is 0 Å². The molecule has 3 aromatic carbocycles. The van der Waals surface area contributed by atoms with Crippen LogP contribution in [0.25, 0.3) is 0 Å². The van der Waals surface area contributed by atoms with Crippen LogP contribution in [0.15, 0.2) is 72.8 Å². The predicted octanol–water partition coefficient (Wildman–Crippen LogP) is 7.00. The molecule has 10 nitrogen and oxygen atoms in total. The average Bonchev–Trinajstić information content (AvgIpc) is 3.14. The summed E-state index contributed by atoms with van der Waals surface area (Å²) >= 11 is 0. The molecule has 0 saturated heterocycles. The maximum Gasteiger partial charge on any atom is 0.243 e. The van der Waals surface area contributed by atoms with Gasteiger partial charge in [0.1, 0.15) is 0 Å². The number of carbonyl (C=O) groups excluding carboxylic acids is 4. The normalized spacial score (nSPS) is 22.3. The van der Waals surface area contributed by atoms with E-state index in [9.17, 15) is 19.2 Å². The van der Waals surface area contributed by atoms with Crippen molar-refractivity contribution in [3.05, 3.63) is 83.9 Å². The van der Waals surface area contributed by atoms with Crippen LogP contribution in [0.2, 0.25) is 0 Å². The Balaban J connectivity index is 1.07. The van der Waals surface area contributed by atoms with Gasteiger partial charge in [0, 0.05) is 53.7 Å². The highest BCUT2D eigenvalue weighted by Crippen LogP contribution is 2.41. The zero-order valence-corrected chi connectivity index (χ0v) is 30.3. The number of para-hydroxylation sites is 2. The second-order valence-corrected chi connectivity index (χ2v) is 14.4. The number of carbonyl (C=O) groups is 4. The summed E-state index contributed by atoms with van der Waals surface area (Å²) < 4.78 is 0. The Hall–Kier alpha value is -4.70. The van der Waals surface area contributed by atoms with Crippen molar-refractivity contribution in [3.63, 3.8) is 0 Å². The smallest absolute Gasteiger partial charge is 0.243 e. The summed E-state index contributed by atoms with van der Waals surface area (Å²) in [5.41, 5.74) is 4.73. The number of benzene rings is 3. The molecule has 10 heteroatoms. The standard InChI is InChI=1S/C41H52N6O4/c1-5-38(49)46-27(3)24-33(31-14-8-10-16-35(31)46)43-29-18-20-30(21-19-29)44-37(48)26-42-40(51)41(22-12-7-13-23-41)45-34-25-28(4)47(39(50)6-2)36-17-11-9-15-32(34)36/h8-11,14-21,27-28,33-34,43,45H,5-7,12-13,22-26H2,1-4H3,(H,42,51)(H,44,48)/t27-,28-,33+,34+/m0/s1. The number of anilines is 4. The monoisotopic (exact) mass is 692 g/mol. The molecular weight excluding hydrogens is 640 g/mol. The van der Waals surface area contributed by atoms with Gasteiger partial charge in [-0.25, -0.2) is 0 Å². The Morgan fingerprint density at radius 2 is 1.20 bits per heavy atom. The molecule has 0 spiro atoms. The molecule has 0 aromatic heterocycles. The second-order valence-electron chi connectivity index (χ2n) is 14.4. The maximum atomic E-state index is 13.9. The van der Waals surface area contributed by atoms with Gasteiger partial charge in [0.05, 0.1) is 18.1 Å². The van der Waals surface area contributed by atoms with Gasteiger partial charge in [0.2, 0.25) is 23.6 Å². The molecule has 4 atom stereocenters. The molecule has 4 N–H and O–H groups in total. The Labute approximate surface area is 301 Å². The summed E-state index contributed by atoms with van der Waals surface area (Å²) in [6.45, 7) is 7.79. The molecule has 0 unspecified atom stereocenters. The van der Waals surface area contributed by atoms with Crippen molar-refractivity contribution in [2.75, 3.05) is 27.0 Å². The van der Waals surface area contributed by atoms with Gasteiger partial charge in [-0.15, -0.1) is 0 Å². The van der Waals surface area contributed by atoms with Gasteiger partial charge in [-0.3, -0.25) is 24.5 Å². The van der Waals surface area contributed by atoms with Crippen LogP contribution in [-0.2, 0) is 19.2 Å². The third kappa shape index (κ3) is 7.66. The topological polar surface area (TPSA) is 123 Å². The fourth-order valence-corrected chi connectivity index (χ4v) is 8.31. The largest absolute Gasteiger partial charge is 0.378 e. The molecule has 3 aromatic rings. The van der Waals surface area contributed by atoms with Crippen molar-refractivity contribution in [1.82, 2.24) is 10.6 Å². The first kappa shape index (κ1) is 36.1. The van der Waals surface area contributed by atoms with Crippen molar-refractivity contribution < 1.29 is 19.2 Å². The molecule has 51 heavy (non-hydrogen) atoms. The summed E-state index contributed by atoms with van der Waals surface area (Å²) in [6.07, 6.45) is 6.68. The summed E-state index contributed by atoms with van der Waals surface area (Å²) in [5.74, 6) is -0.235. The highest BCUT2D eigenvalue weighted by Gasteiger charge is 2.44. The molecule has 1 aliphatic carbocycles. The molecule has 4 amide bonds. The minimum Gasteiger partial charge on any atom is -0.378 e. The quantitative estimate of drug-likeness (QED) is 0.182. The van der Waals surface area contributed by atoms with Crippen LogP contribution in [0.4, 0.5) is 22.7 Å². The molecule has 1 fully saturated rings. The number of rotatable bonds is 10. The van der Waals surface area contributed by atoms with E-state index in [-0.39, 0.29) is 54.3 Å². The van der Waals surface area contributed by atoms with Gasteiger partial charge in [-0.1, -0.05) is 69.5 Å². The van der Waals surface area contributed by atoms with Crippen LogP contribution in [0, 0.1) is 0 Å². The third-order valence-electron chi connectivity index (χ3n) is 10.8. The number of nitrogens with one attached hydrogen (secondary N) is 4. The zero-order chi connectivity index (χ0) is 36.1. The van der Waals surface area contributed by atoms with Gasteiger partial charge in [-0.05, 0) is 87.1 Å². The molecule has 1 saturated carbocycles. The van der Waals surface area contributed by atoms with Crippen LogP contribution in [0.1, 0.15) is 109 Å². The van der Waals surface area contributed by atoms with Crippen LogP contribution < -0.4 is 31.1 Å². The van der Waals surface area contributed by atoms with Gasteiger partial charge in [0.25, 0.3) is 0 Å². The van der Waals surface area contributed by atoms with E-state index in [2.05, 4.69) is 47.2 Å². The van der Waals surface area contributed by atoms with Crippen LogP contribution >= 0.6 is 0 Å². The van der Waals surface area contributed by atoms with E-state index in [0.717, 1.165) is 53.9 Å². The molecule has 2 aliphatic heterocycles. The SMILES string of the molecule is CCC(=O)N1c2ccccc2[C@H](Nc2ccc(NC(=O)CNC(=O)C3(N[C@@H]4C[C@H](C)N(C(=O)CC)c5ccccc54)CCCCC3)cc2)C[C@@H]1C. The summed E-state index contributed by atoms with van der Waals surface area (Å²) in [6, 6.07) is 23.6. The van der Waals surface area contributed by atoms with E-state index < -0.39 is 5.54 Å². The van der Waals surface area contributed by atoms with Gasteiger partial charge in [-0.2, -0.15) is 0 Å². The number of amides is 4. The highest BCUT2D eigenvalue weighted by molar-refractivity contribution is 5.97. The second kappa shape index (κ2) is 15.7. The van der Waals surface area contributed by atoms with E-state index >= 15 is 0 Å².